The van der Waals surface area contributed by atoms with Crippen molar-refractivity contribution in [2.45, 2.75) is 0 Å². The molecule has 0 atom stereocenters. The smallest absolute Gasteiger partial charge is 0.0121 e. The van der Waals surface area contributed by atoms with Crippen LogP contribution in [0.1, 0.15) is 0 Å². The number of halogens is 2. The Morgan fingerprint density at radius 3 is 1.20 bits per heavy atom. The van der Waals surface area contributed by atoms with Crippen molar-refractivity contribution in [2.75, 3.05) is 4.93 Å². The maximum atomic E-state index is 2.15. The molecule has 0 heterocycles. The van der Waals surface area contributed by atoms with Crippen LogP contribution in [-0.4, -0.2) is 4.93 Å². The van der Waals surface area contributed by atoms with Crippen LogP contribution in [-0.2, 0) is 13.5 Å². The fourth-order valence-electron chi connectivity index (χ4n) is 0. The van der Waals surface area contributed by atoms with Crippen LogP contribution < -0.4 is 0 Å². The maximum absolute atomic E-state index is 2.15. The molecule has 0 aromatic heterocycles. The topological polar surface area (TPSA) is 0 Å². The van der Waals surface area contributed by atoms with E-state index in [-0.39, 0.29) is 51.0 Å². The minimum absolute atomic E-state index is 0. The predicted octanol–water partition coefficient (Wildman–Crippen LogP) is 0.976. The first kappa shape index (κ1) is 27.2. The van der Waals surface area contributed by atoms with Crippen molar-refractivity contribution >= 4 is 73.6 Å². The molecule has 5 heavy (non-hydrogen) atoms. The molecule has 0 saturated heterocycles. The van der Waals surface area contributed by atoms with E-state index in [1.165, 1.54) is 0 Å². The number of alkyl halides is 1. The van der Waals surface area contributed by atoms with Crippen LogP contribution in [0.2, 0.25) is 0 Å². The third-order valence-corrected chi connectivity index (χ3v) is 0. The Bertz CT molecular complexity index is 7.61. The average Bonchev–Trinajstić information content (AvgIpc) is 1.00. The van der Waals surface area contributed by atoms with E-state index < -0.39 is 0 Å². The summed E-state index contributed by atoms with van der Waals surface area (Å²) in [6.45, 7) is 0. The molecule has 0 rings (SSSR count). The molecule has 0 aromatic rings. The molecule has 4 heteroatoms. The summed E-state index contributed by atoms with van der Waals surface area (Å²) < 4.78 is 0. The lowest BCUT2D eigenvalue weighted by Crippen LogP contribution is -0.798. The first-order chi connectivity index (χ1) is 1.00. The number of hydrogen-bond acceptors (Lipinski definition) is 0. The zero-order chi connectivity index (χ0) is 2.00. The van der Waals surface area contributed by atoms with Crippen LogP contribution in [0.4, 0.5) is 0 Å². The van der Waals surface area contributed by atoms with E-state index in [4.69, 9.17) is 0 Å². The van der Waals surface area contributed by atoms with Crippen LogP contribution in [0.5, 0.6) is 0 Å². The molecule has 0 aromatic carbocycles. The van der Waals surface area contributed by atoms with Gasteiger partial charge in [0.1, 0.15) is 0 Å². The molecule has 0 saturated carbocycles. The minimum Gasteiger partial charge on any atom is -0.197 e. The fraction of sp³-hybridized carbons (Fsp3) is 1.00. The first-order valence-electron chi connectivity index (χ1n) is 0.378. The molecule has 0 nitrogen and oxygen atoms in total. The fourth-order valence-corrected chi connectivity index (χ4v) is 0. The van der Waals surface area contributed by atoms with Crippen LogP contribution in [0.25, 0.3) is 0 Å². The summed E-state index contributed by atoms with van der Waals surface area (Å²) in [5.41, 5.74) is 0. The lowest BCUT2D eigenvalue weighted by Gasteiger charge is -1.05. The lowest BCUT2D eigenvalue weighted by atomic mass is 12.0. The third-order valence-electron chi connectivity index (χ3n) is 0. The van der Waals surface area contributed by atoms with E-state index in [9.17, 15) is 0 Å². The van der Waals surface area contributed by atoms with E-state index in [2.05, 4.69) is 22.6 Å². The van der Waals surface area contributed by atoms with E-state index in [0.29, 0.717) is 0 Å². The van der Waals surface area contributed by atoms with Crippen molar-refractivity contribution in [2.24, 2.45) is 0 Å². The highest BCUT2D eigenvalue weighted by Crippen LogP contribution is 1.48. The largest absolute Gasteiger partial charge is 0.197 e. The van der Waals surface area contributed by atoms with Crippen LogP contribution >= 0.6 is 60.1 Å². The third kappa shape index (κ3) is 22.8. The van der Waals surface area contributed by atoms with Gasteiger partial charge in [0.15, 0.2) is 0 Å². The summed E-state index contributed by atoms with van der Waals surface area (Å²) in [6.07, 6.45) is 0. The highest BCUT2D eigenvalue weighted by atomic mass is 127. The molecule has 0 fully saturated rings. The number of rotatable bonds is 0. The lowest BCUT2D eigenvalue weighted by molar-refractivity contribution is 2.66. The van der Waals surface area contributed by atoms with Gasteiger partial charge < -0.3 is 0 Å². The van der Waals surface area contributed by atoms with Gasteiger partial charge in [-0.3, -0.25) is 0 Å². The highest BCUT2D eigenvalue weighted by molar-refractivity contribution is 14.1. The van der Waals surface area contributed by atoms with Gasteiger partial charge in [0.05, 0.1) is 0 Å². The molecule has 0 aliphatic rings. The van der Waals surface area contributed by atoms with Crippen LogP contribution in [0.3, 0.4) is 0 Å². The molecule has 0 aliphatic heterocycles. The van der Waals surface area contributed by atoms with E-state index >= 15 is 0 Å². The summed E-state index contributed by atoms with van der Waals surface area (Å²) in [5, 5.41) is 0. The Hall–Kier alpha value is 2.16. The SMILES string of the molecule is CI.I.S.[SH3+]. The first-order valence-corrected chi connectivity index (χ1v) is 2.54. The van der Waals surface area contributed by atoms with Gasteiger partial charge in [-0.1, -0.05) is 36.1 Å². The molecule has 0 unspecified atom stereocenters. The molecular weight excluding hydrogens is 330 g/mol. The van der Waals surface area contributed by atoms with Crippen molar-refractivity contribution in [3.63, 3.8) is 0 Å². The van der Waals surface area contributed by atoms with Gasteiger partial charge in [-0.05, 0) is 4.93 Å². The molecule has 38 valence electrons. The molecule has 0 aliphatic carbocycles. The second-order valence-corrected chi connectivity index (χ2v) is 0. The zero-order valence-corrected chi connectivity index (χ0v) is 9.51. The second-order valence-electron chi connectivity index (χ2n) is 0. The highest BCUT2D eigenvalue weighted by Gasteiger charge is 0.950. The van der Waals surface area contributed by atoms with Crippen molar-refractivity contribution < 1.29 is 0 Å². The molecule has 0 spiro atoms. The van der Waals surface area contributed by atoms with E-state index in [1.54, 1.807) is 0 Å². The Labute approximate surface area is 77.5 Å². The predicted molar refractivity (Wildman–Crippen MR) is 57.3 cm³/mol. The van der Waals surface area contributed by atoms with Gasteiger partial charge in [-0.2, -0.15) is 13.5 Å². The monoisotopic (exact) mass is 339 g/mol. The Morgan fingerprint density at radius 2 is 1.20 bits per heavy atom. The summed E-state index contributed by atoms with van der Waals surface area (Å²) in [5.74, 6) is 0. The van der Waals surface area contributed by atoms with Gasteiger partial charge in [0, 0.05) is 0 Å². The van der Waals surface area contributed by atoms with Crippen molar-refractivity contribution in [1.29, 1.82) is 0 Å². The van der Waals surface area contributed by atoms with Crippen molar-refractivity contribution in [3.05, 3.63) is 0 Å². The van der Waals surface area contributed by atoms with Crippen molar-refractivity contribution in [1.82, 2.24) is 0 Å². The summed E-state index contributed by atoms with van der Waals surface area (Å²) in [4.78, 5) is 1.97. The molecule has 0 bridgehead atoms. The normalized spacial score (nSPS) is 1.20. The summed E-state index contributed by atoms with van der Waals surface area (Å²) in [6, 6.07) is 0. The van der Waals surface area contributed by atoms with Gasteiger partial charge >= 0.3 is 0 Å². The van der Waals surface area contributed by atoms with Gasteiger partial charge in [0.25, 0.3) is 0 Å². The minimum atomic E-state index is 0. The van der Waals surface area contributed by atoms with Crippen molar-refractivity contribution in [3.8, 4) is 0 Å². The molecular formula is CH9I2S2+. The van der Waals surface area contributed by atoms with Gasteiger partial charge in [-0.15, -0.1) is 24.0 Å². The molecule has 0 amide bonds. The van der Waals surface area contributed by atoms with E-state index in [1.807, 2.05) is 4.93 Å². The van der Waals surface area contributed by atoms with Gasteiger partial charge in [0.2, 0.25) is 0 Å². The number of hydrogen-bond donors (Lipinski definition) is 0. The molecule has 0 radical (unpaired) electrons. The summed E-state index contributed by atoms with van der Waals surface area (Å²) in [7, 11) is 0. The maximum Gasteiger partial charge on any atom is -0.0121 e. The quantitative estimate of drug-likeness (QED) is 0.351. The Balaban J connectivity index is -0.00000000167. The Morgan fingerprint density at radius 1 is 1.20 bits per heavy atom. The Kier molecular flexibility index (Phi) is 191. The van der Waals surface area contributed by atoms with Crippen LogP contribution in [0.15, 0.2) is 0 Å². The second kappa shape index (κ2) is 35.2. The standard InChI is InChI=1S/CH3I.HI.2H2S/c1-2;;;/h1H3;1H;2*1H2/p+1. The van der Waals surface area contributed by atoms with Gasteiger partial charge in [-0.25, -0.2) is 0 Å². The van der Waals surface area contributed by atoms with Crippen LogP contribution in [0, 0.1) is 0 Å². The zero-order valence-electron chi connectivity index (χ0n) is 2.86. The average molecular weight is 339 g/mol. The van der Waals surface area contributed by atoms with E-state index in [0.717, 1.165) is 0 Å². The summed E-state index contributed by atoms with van der Waals surface area (Å²) >= 11 is 2.15. The molecule has 0 N–H and O–H groups in total.